The molecule has 0 rings (SSSR count). The van der Waals surface area contributed by atoms with E-state index in [-0.39, 0.29) is 31.0 Å². The summed E-state index contributed by atoms with van der Waals surface area (Å²) in [4.78, 5) is 15.7. The average Bonchev–Trinajstić information content (AvgIpc) is 1.72. The Hall–Kier alpha value is 1.40. The minimum Gasteiger partial charge on any atom is -1.00 e. The second kappa shape index (κ2) is 16.8. The van der Waals surface area contributed by atoms with Crippen molar-refractivity contribution in [2.24, 2.45) is 0 Å². The van der Waals surface area contributed by atoms with E-state index >= 15 is 0 Å². The first-order chi connectivity index (χ1) is 4.00. The molecule has 0 aliphatic heterocycles. The second-order valence-electron chi connectivity index (χ2n) is 0.513. The summed E-state index contributed by atoms with van der Waals surface area (Å²) in [5.74, 6) is 0. The molecule has 0 fully saturated rings. The van der Waals surface area contributed by atoms with Gasteiger partial charge in [-0.05, 0) is 11.8 Å². The zero-order chi connectivity index (χ0) is 8.50. The molecule has 0 radical (unpaired) electrons. The molecule has 0 amide bonds. The van der Waals surface area contributed by atoms with Crippen molar-refractivity contribution in [2.75, 3.05) is 0 Å². The fraction of sp³-hybridized carbons (Fsp3) is 0. The number of hydrogen-bond donors (Lipinski definition) is 3. The van der Waals surface area contributed by atoms with Crippen molar-refractivity contribution in [3.8, 4) is 0 Å². The maximum absolute atomic E-state index is 7.87. The zero-order valence-corrected chi connectivity index (χ0v) is 10.6. The molecule has 0 heterocycles. The van der Waals surface area contributed by atoms with E-state index in [0.29, 0.717) is 0 Å². The molecule has 0 aliphatic rings. The van der Waals surface area contributed by atoms with E-state index in [1.165, 1.54) is 0 Å². The standard InChI is InChI=1S/2C2H4.Na.H3O2PS2.H/c2*1-2;;1-3(2,4)5;/h2*1-2H2;;(H3,1,2,4,5);/q;;+1;;-1. The van der Waals surface area contributed by atoms with Crippen molar-refractivity contribution in [1.29, 1.82) is 0 Å². The van der Waals surface area contributed by atoms with Gasteiger partial charge < -0.3 is 11.2 Å². The van der Waals surface area contributed by atoms with Crippen LogP contribution in [0.4, 0.5) is 0 Å². The molecule has 10 heavy (non-hydrogen) atoms. The van der Waals surface area contributed by atoms with Gasteiger partial charge in [0.1, 0.15) is 0 Å². The Morgan fingerprint density at radius 2 is 1.20 bits per heavy atom. The van der Waals surface area contributed by atoms with E-state index in [1.54, 1.807) is 0 Å². The first-order valence-electron chi connectivity index (χ1n) is 1.78. The Balaban J connectivity index is -0.0000000178. The predicted molar refractivity (Wildman–Crippen MR) is 51.3 cm³/mol. The molecule has 0 bridgehead atoms. The van der Waals surface area contributed by atoms with Crippen LogP contribution >= 0.6 is 17.9 Å². The SMILES string of the molecule is C=C.C=C.OP(O)(=S)S.[H-].[Na+]. The average molecular weight is 210 g/mol. The molecule has 0 saturated heterocycles. The summed E-state index contributed by atoms with van der Waals surface area (Å²) in [7, 11) is 0. The van der Waals surface area contributed by atoms with Gasteiger partial charge >= 0.3 is 29.6 Å². The van der Waals surface area contributed by atoms with Crippen molar-refractivity contribution >= 4 is 29.7 Å². The van der Waals surface area contributed by atoms with Gasteiger partial charge in [-0.3, -0.25) is 0 Å². The van der Waals surface area contributed by atoms with Crippen molar-refractivity contribution in [3.63, 3.8) is 0 Å². The fourth-order valence-electron chi connectivity index (χ4n) is 0. The van der Waals surface area contributed by atoms with E-state index in [2.05, 4.69) is 50.4 Å². The van der Waals surface area contributed by atoms with Crippen LogP contribution in [-0.2, 0) is 11.8 Å². The quantitative estimate of drug-likeness (QED) is 0.205. The minimum absolute atomic E-state index is 0. The largest absolute Gasteiger partial charge is 1.00 e. The van der Waals surface area contributed by atoms with E-state index in [1.807, 2.05) is 0 Å². The fourth-order valence-corrected chi connectivity index (χ4v) is 0. The third kappa shape index (κ3) is 338. The van der Waals surface area contributed by atoms with Crippen LogP contribution in [0.1, 0.15) is 1.43 Å². The van der Waals surface area contributed by atoms with Crippen LogP contribution < -0.4 is 29.6 Å². The number of rotatable bonds is 0. The van der Waals surface area contributed by atoms with Crippen molar-refractivity contribution in [3.05, 3.63) is 26.3 Å². The normalized spacial score (nSPS) is 6.70. The Morgan fingerprint density at radius 1 is 1.20 bits per heavy atom. The summed E-state index contributed by atoms with van der Waals surface area (Å²) in [5.41, 5.74) is -3.11. The topological polar surface area (TPSA) is 40.5 Å². The molecule has 0 atom stereocenters. The summed E-state index contributed by atoms with van der Waals surface area (Å²) >= 11 is 7.07. The van der Waals surface area contributed by atoms with Gasteiger partial charge in [-0.2, -0.15) is 0 Å². The first kappa shape index (κ1) is 22.5. The van der Waals surface area contributed by atoms with Crippen LogP contribution in [0, 0.1) is 0 Å². The zero-order valence-electron chi connectivity index (χ0n) is 7.03. The van der Waals surface area contributed by atoms with Gasteiger partial charge in [0.25, 0.3) is 0 Å². The van der Waals surface area contributed by atoms with Gasteiger partial charge in [-0.15, -0.1) is 26.3 Å². The molecule has 0 spiro atoms. The molecular weight excluding hydrogens is 198 g/mol. The van der Waals surface area contributed by atoms with Gasteiger partial charge in [0.2, 0.25) is 5.69 Å². The smallest absolute Gasteiger partial charge is 1.00 e. The summed E-state index contributed by atoms with van der Waals surface area (Å²) in [5, 5.41) is 0. The van der Waals surface area contributed by atoms with Gasteiger partial charge in [-0.1, -0.05) is 12.2 Å². The van der Waals surface area contributed by atoms with Crippen LogP contribution in [0.25, 0.3) is 0 Å². The summed E-state index contributed by atoms with van der Waals surface area (Å²) in [6.45, 7) is 12.0. The Labute approximate surface area is 96.2 Å². The van der Waals surface area contributed by atoms with Crippen molar-refractivity contribution in [2.45, 2.75) is 0 Å². The summed E-state index contributed by atoms with van der Waals surface area (Å²) < 4.78 is 0. The van der Waals surface area contributed by atoms with Crippen molar-refractivity contribution < 1.29 is 40.8 Å². The van der Waals surface area contributed by atoms with Crippen LogP contribution in [0.5, 0.6) is 0 Å². The molecule has 0 aromatic carbocycles. The molecule has 0 aromatic heterocycles. The van der Waals surface area contributed by atoms with Crippen LogP contribution in [0.3, 0.4) is 0 Å². The van der Waals surface area contributed by atoms with E-state index in [0.717, 1.165) is 0 Å². The Kier molecular flexibility index (Phi) is 37.8. The van der Waals surface area contributed by atoms with Gasteiger partial charge in [0, 0.05) is 0 Å². The van der Waals surface area contributed by atoms with Crippen LogP contribution in [-0.4, -0.2) is 9.79 Å². The predicted octanol–water partition coefficient (Wildman–Crippen LogP) is -1.15. The molecule has 0 aliphatic carbocycles. The van der Waals surface area contributed by atoms with Crippen LogP contribution in [0.15, 0.2) is 26.3 Å². The molecular formula is C4H12NaO2PS2. The summed E-state index contributed by atoms with van der Waals surface area (Å²) in [6.07, 6.45) is 0. The molecule has 0 unspecified atom stereocenters. The van der Waals surface area contributed by atoms with Crippen LogP contribution in [0.2, 0.25) is 0 Å². The minimum atomic E-state index is -3.11. The Bertz CT molecular complexity index is 89.8. The third-order valence-corrected chi connectivity index (χ3v) is 0. The van der Waals surface area contributed by atoms with E-state index in [9.17, 15) is 0 Å². The monoisotopic (exact) mass is 210 g/mol. The molecule has 2 N–H and O–H groups in total. The Morgan fingerprint density at radius 3 is 1.20 bits per heavy atom. The van der Waals surface area contributed by atoms with Gasteiger partial charge in [0.15, 0.2) is 0 Å². The molecule has 6 heteroatoms. The maximum atomic E-state index is 7.87. The molecule has 2 nitrogen and oxygen atoms in total. The van der Waals surface area contributed by atoms with Crippen molar-refractivity contribution in [1.82, 2.24) is 0 Å². The molecule has 58 valence electrons. The molecule has 0 saturated carbocycles. The summed E-state index contributed by atoms with van der Waals surface area (Å²) in [6, 6.07) is 0. The number of hydrogen-bond acceptors (Lipinski definition) is 1. The van der Waals surface area contributed by atoms with E-state index in [4.69, 9.17) is 9.79 Å². The number of thiol groups is 1. The second-order valence-corrected chi connectivity index (χ2v) is 5.55. The van der Waals surface area contributed by atoms with E-state index < -0.39 is 5.69 Å². The first-order valence-corrected chi connectivity index (χ1v) is 5.64. The third-order valence-electron chi connectivity index (χ3n) is 0. The maximum Gasteiger partial charge on any atom is 1.00 e. The van der Waals surface area contributed by atoms with Gasteiger partial charge in [-0.25, -0.2) is 0 Å². The molecule has 0 aromatic rings. The van der Waals surface area contributed by atoms with Gasteiger partial charge in [0.05, 0.1) is 0 Å².